The lowest BCUT2D eigenvalue weighted by atomic mass is 10.3. The minimum atomic E-state index is -3.20. The molecule has 0 bridgehead atoms. The van der Waals surface area contributed by atoms with E-state index in [9.17, 15) is 18.0 Å². The van der Waals surface area contributed by atoms with Gasteiger partial charge in [-0.1, -0.05) is 0 Å². The first kappa shape index (κ1) is 19.7. The number of hydrogen-bond donors (Lipinski definition) is 1. The van der Waals surface area contributed by atoms with Crippen LogP contribution in [0, 0.1) is 0 Å². The van der Waals surface area contributed by atoms with Crippen molar-refractivity contribution in [3.05, 3.63) is 46.2 Å². The van der Waals surface area contributed by atoms with Crippen LogP contribution < -0.4 is 5.32 Å². The number of thioether (sulfide) groups is 1. The van der Waals surface area contributed by atoms with Gasteiger partial charge in [0.25, 0.3) is 0 Å². The molecule has 1 heterocycles. The molecule has 2 rings (SSSR count). The fourth-order valence-corrected chi connectivity index (χ4v) is 4.48. The molecule has 0 radical (unpaired) electrons. The van der Waals surface area contributed by atoms with E-state index in [0.717, 1.165) is 9.77 Å². The maximum atomic E-state index is 12.3. The third-order valence-corrected chi connectivity index (χ3v) is 6.63. The van der Waals surface area contributed by atoms with Crippen LogP contribution in [-0.2, 0) is 21.1 Å². The van der Waals surface area contributed by atoms with Crippen LogP contribution in [0.3, 0.4) is 0 Å². The van der Waals surface area contributed by atoms with E-state index >= 15 is 0 Å². The van der Waals surface area contributed by atoms with Gasteiger partial charge in [0.05, 0.1) is 15.5 Å². The van der Waals surface area contributed by atoms with Crippen molar-refractivity contribution in [3.63, 3.8) is 0 Å². The van der Waals surface area contributed by atoms with Crippen molar-refractivity contribution in [2.45, 2.75) is 23.1 Å². The summed E-state index contributed by atoms with van der Waals surface area (Å²) in [6, 6.07) is 10.2. The second-order valence-corrected chi connectivity index (χ2v) is 9.69. The molecule has 0 aliphatic rings. The molecule has 134 valence electrons. The van der Waals surface area contributed by atoms with Crippen molar-refractivity contribution in [1.29, 1.82) is 0 Å². The number of benzene rings is 1. The summed E-state index contributed by atoms with van der Waals surface area (Å²) in [5.41, 5.74) is 0. The van der Waals surface area contributed by atoms with Crippen molar-refractivity contribution in [2.24, 2.45) is 0 Å². The molecule has 0 spiro atoms. The molecule has 1 N–H and O–H groups in total. The van der Waals surface area contributed by atoms with Crippen LogP contribution in [0.5, 0.6) is 0 Å². The second kappa shape index (κ2) is 8.64. The average Bonchev–Trinajstić information content (AvgIpc) is 3.01. The van der Waals surface area contributed by atoms with Gasteiger partial charge in [0.2, 0.25) is 5.91 Å². The standard InChI is InChI=1S/C17H19NO4S3/c1-12(19)18-10-9-14-5-8-17(24-14)16(20)11-23-13-3-6-15(7-4-13)25(2,21)22/h3-8H,9-11H2,1-2H3,(H,18,19). The van der Waals surface area contributed by atoms with Crippen LogP contribution >= 0.6 is 23.1 Å². The van der Waals surface area contributed by atoms with E-state index in [2.05, 4.69) is 5.32 Å². The van der Waals surface area contributed by atoms with Gasteiger partial charge in [-0.2, -0.15) is 0 Å². The Morgan fingerprint density at radius 1 is 1.12 bits per heavy atom. The maximum absolute atomic E-state index is 12.3. The lowest BCUT2D eigenvalue weighted by Crippen LogP contribution is -2.22. The van der Waals surface area contributed by atoms with Gasteiger partial charge in [-0.25, -0.2) is 8.42 Å². The second-order valence-electron chi connectivity index (χ2n) is 5.45. The highest BCUT2D eigenvalue weighted by Gasteiger charge is 2.11. The summed E-state index contributed by atoms with van der Waals surface area (Å²) in [6.07, 6.45) is 1.87. The summed E-state index contributed by atoms with van der Waals surface area (Å²) in [7, 11) is -3.20. The first-order chi connectivity index (χ1) is 11.8. The molecule has 8 heteroatoms. The highest BCUT2D eigenvalue weighted by molar-refractivity contribution is 8.00. The Morgan fingerprint density at radius 3 is 2.40 bits per heavy atom. The zero-order valence-electron chi connectivity index (χ0n) is 13.9. The molecule has 0 aliphatic carbocycles. The zero-order valence-corrected chi connectivity index (χ0v) is 16.4. The largest absolute Gasteiger partial charge is 0.356 e. The SMILES string of the molecule is CC(=O)NCCc1ccc(C(=O)CSc2ccc(S(C)(=O)=O)cc2)s1. The number of sulfone groups is 1. The van der Waals surface area contributed by atoms with Crippen LogP contribution in [0.25, 0.3) is 0 Å². The van der Waals surface area contributed by atoms with E-state index in [-0.39, 0.29) is 16.6 Å². The van der Waals surface area contributed by atoms with Crippen LogP contribution in [0.15, 0.2) is 46.2 Å². The molecule has 0 aliphatic heterocycles. The molecule has 2 aromatic rings. The van der Waals surface area contributed by atoms with Crippen LogP contribution in [0.1, 0.15) is 21.5 Å². The lowest BCUT2D eigenvalue weighted by Gasteiger charge is -2.02. The number of ketones is 1. The smallest absolute Gasteiger partial charge is 0.216 e. The van der Waals surface area contributed by atoms with Crippen molar-refractivity contribution in [1.82, 2.24) is 5.32 Å². The van der Waals surface area contributed by atoms with Gasteiger partial charge < -0.3 is 5.32 Å². The van der Waals surface area contributed by atoms with Gasteiger partial charge in [0.15, 0.2) is 15.6 Å². The molecular weight excluding hydrogens is 378 g/mol. The number of amides is 1. The Morgan fingerprint density at radius 2 is 1.80 bits per heavy atom. The molecule has 25 heavy (non-hydrogen) atoms. The van der Waals surface area contributed by atoms with E-state index < -0.39 is 9.84 Å². The van der Waals surface area contributed by atoms with Crippen molar-refractivity contribution < 1.29 is 18.0 Å². The Labute approximate surface area is 155 Å². The summed E-state index contributed by atoms with van der Waals surface area (Å²) in [5, 5.41) is 2.73. The number of rotatable bonds is 8. The molecule has 0 unspecified atom stereocenters. The minimum Gasteiger partial charge on any atom is -0.356 e. The molecular formula is C17H19NO4S3. The highest BCUT2D eigenvalue weighted by atomic mass is 32.2. The zero-order chi connectivity index (χ0) is 18.4. The number of nitrogens with one attached hydrogen (secondary N) is 1. The topological polar surface area (TPSA) is 80.3 Å². The van der Waals surface area contributed by atoms with Crippen LogP contribution in [0.2, 0.25) is 0 Å². The number of carbonyl (C=O) groups is 2. The van der Waals surface area contributed by atoms with E-state index in [4.69, 9.17) is 0 Å². The van der Waals surface area contributed by atoms with E-state index in [1.807, 2.05) is 12.1 Å². The van der Waals surface area contributed by atoms with Crippen molar-refractivity contribution >= 4 is 44.6 Å². The molecule has 1 aromatic heterocycles. The first-order valence-corrected chi connectivity index (χ1v) is 11.2. The first-order valence-electron chi connectivity index (χ1n) is 7.55. The predicted octanol–water partition coefficient (Wildman–Crippen LogP) is 2.81. The Balaban J connectivity index is 1.88. The minimum absolute atomic E-state index is 0.0352. The van der Waals surface area contributed by atoms with Crippen molar-refractivity contribution in [3.8, 4) is 0 Å². The molecule has 0 fully saturated rings. The van der Waals surface area contributed by atoms with Gasteiger partial charge in [0, 0.05) is 29.5 Å². The summed E-state index contributed by atoms with van der Waals surface area (Å²) in [6.45, 7) is 2.04. The molecule has 0 saturated heterocycles. The monoisotopic (exact) mass is 397 g/mol. The number of carbonyl (C=O) groups excluding carboxylic acids is 2. The molecule has 1 aromatic carbocycles. The van der Waals surface area contributed by atoms with E-state index in [0.29, 0.717) is 23.6 Å². The van der Waals surface area contributed by atoms with Crippen LogP contribution in [-0.4, -0.2) is 38.7 Å². The molecule has 0 saturated carbocycles. The summed E-state index contributed by atoms with van der Waals surface area (Å²) in [5.74, 6) is 0.267. The van der Waals surface area contributed by atoms with Crippen molar-refractivity contribution in [2.75, 3.05) is 18.6 Å². The lowest BCUT2D eigenvalue weighted by molar-refractivity contribution is -0.118. The fraction of sp³-hybridized carbons (Fsp3) is 0.294. The number of hydrogen-bond acceptors (Lipinski definition) is 6. The van der Waals surface area contributed by atoms with Gasteiger partial charge in [-0.3, -0.25) is 9.59 Å². The third-order valence-electron chi connectivity index (χ3n) is 3.30. The number of Topliss-reactive ketones (excluding diaryl/α,β-unsaturated/α-hetero) is 1. The van der Waals surface area contributed by atoms with E-state index in [1.165, 1.54) is 36.3 Å². The summed E-state index contributed by atoms with van der Waals surface area (Å²) < 4.78 is 22.9. The molecule has 5 nitrogen and oxygen atoms in total. The van der Waals surface area contributed by atoms with E-state index in [1.54, 1.807) is 24.3 Å². The van der Waals surface area contributed by atoms with Gasteiger partial charge in [-0.15, -0.1) is 23.1 Å². The number of thiophene rings is 1. The average molecular weight is 398 g/mol. The Kier molecular flexibility index (Phi) is 6.80. The third kappa shape index (κ3) is 6.30. The summed E-state index contributed by atoms with van der Waals surface area (Å²) >= 11 is 2.82. The Bertz CT molecular complexity index is 854. The normalized spacial score (nSPS) is 11.3. The Hall–Kier alpha value is -1.64. The summed E-state index contributed by atoms with van der Waals surface area (Å²) in [4.78, 5) is 26.0. The van der Waals surface area contributed by atoms with Gasteiger partial charge in [0.1, 0.15) is 0 Å². The molecule has 1 amide bonds. The predicted molar refractivity (Wildman–Crippen MR) is 101 cm³/mol. The van der Waals surface area contributed by atoms with Gasteiger partial charge in [-0.05, 0) is 42.8 Å². The molecule has 0 atom stereocenters. The van der Waals surface area contributed by atoms with Crippen LogP contribution in [0.4, 0.5) is 0 Å². The highest BCUT2D eigenvalue weighted by Crippen LogP contribution is 2.24. The fourth-order valence-electron chi connectivity index (χ4n) is 2.03. The maximum Gasteiger partial charge on any atom is 0.216 e. The quantitative estimate of drug-likeness (QED) is 0.547. The van der Waals surface area contributed by atoms with Gasteiger partial charge >= 0.3 is 0 Å².